The highest BCUT2D eigenvalue weighted by Crippen LogP contribution is 2.20. The highest BCUT2D eigenvalue weighted by molar-refractivity contribution is 5.80. The fraction of sp³-hybridized carbons (Fsp3) is 0.391. The molecule has 0 radical (unpaired) electrons. The van der Waals surface area contributed by atoms with Crippen molar-refractivity contribution in [3.05, 3.63) is 65.2 Å². The minimum Gasteiger partial charge on any atom is -0.483 e. The maximum atomic E-state index is 12.6. The van der Waals surface area contributed by atoms with Gasteiger partial charge in [0.15, 0.2) is 6.61 Å². The predicted octanol–water partition coefficient (Wildman–Crippen LogP) is 2.99. The molecule has 1 saturated heterocycles. The van der Waals surface area contributed by atoms with E-state index in [1.165, 1.54) is 0 Å². The summed E-state index contributed by atoms with van der Waals surface area (Å²) >= 11 is 0. The third-order valence-electron chi connectivity index (χ3n) is 5.31. The van der Waals surface area contributed by atoms with E-state index in [0.29, 0.717) is 32.6 Å². The van der Waals surface area contributed by atoms with Crippen molar-refractivity contribution in [3.8, 4) is 5.75 Å². The molecule has 5 nitrogen and oxygen atoms in total. The summed E-state index contributed by atoms with van der Waals surface area (Å²) in [5.41, 5.74) is 3.22. The molecule has 0 spiro atoms. The van der Waals surface area contributed by atoms with Crippen molar-refractivity contribution in [1.82, 2.24) is 9.80 Å². The number of hydrogen-bond donors (Lipinski definition) is 0. The molecule has 0 aromatic heterocycles. The lowest BCUT2D eigenvalue weighted by atomic mass is 10.1. The van der Waals surface area contributed by atoms with E-state index in [0.717, 1.165) is 28.9 Å². The Balaban J connectivity index is 1.50. The van der Waals surface area contributed by atoms with Crippen molar-refractivity contribution in [1.29, 1.82) is 0 Å². The van der Waals surface area contributed by atoms with Gasteiger partial charge in [0.2, 0.25) is 5.91 Å². The van der Waals surface area contributed by atoms with Gasteiger partial charge >= 0.3 is 0 Å². The van der Waals surface area contributed by atoms with Gasteiger partial charge in [0.05, 0.1) is 6.42 Å². The number of carbonyl (C=O) groups is 2. The van der Waals surface area contributed by atoms with E-state index >= 15 is 0 Å². The molecule has 148 valence electrons. The summed E-state index contributed by atoms with van der Waals surface area (Å²) in [5, 5.41) is 0. The number of carbonyl (C=O) groups excluding carboxylic acids is 2. The van der Waals surface area contributed by atoms with Gasteiger partial charge in [-0.3, -0.25) is 9.59 Å². The summed E-state index contributed by atoms with van der Waals surface area (Å²) in [6, 6.07) is 15.6. The number of rotatable bonds is 5. The smallest absolute Gasteiger partial charge is 0.260 e. The monoisotopic (exact) mass is 380 g/mol. The van der Waals surface area contributed by atoms with E-state index in [1.807, 2.05) is 67.3 Å². The van der Waals surface area contributed by atoms with Crippen LogP contribution < -0.4 is 4.74 Å². The Morgan fingerprint density at radius 3 is 2.25 bits per heavy atom. The maximum Gasteiger partial charge on any atom is 0.260 e. The average molecular weight is 380 g/mol. The second-order valence-corrected chi connectivity index (χ2v) is 7.26. The molecule has 0 unspecified atom stereocenters. The highest BCUT2D eigenvalue weighted by atomic mass is 16.5. The van der Waals surface area contributed by atoms with E-state index in [1.54, 1.807) is 4.90 Å². The number of benzene rings is 2. The fourth-order valence-electron chi connectivity index (χ4n) is 3.41. The van der Waals surface area contributed by atoms with Gasteiger partial charge in [-0.2, -0.15) is 0 Å². The topological polar surface area (TPSA) is 49.9 Å². The number of hydrogen-bond acceptors (Lipinski definition) is 3. The first kappa shape index (κ1) is 19.9. The van der Waals surface area contributed by atoms with Crippen LogP contribution in [0.15, 0.2) is 48.5 Å². The molecular weight excluding hydrogens is 352 g/mol. The fourth-order valence-corrected chi connectivity index (χ4v) is 3.41. The minimum absolute atomic E-state index is 0.0294. The van der Waals surface area contributed by atoms with E-state index in [2.05, 4.69) is 0 Å². The molecule has 2 amide bonds. The summed E-state index contributed by atoms with van der Waals surface area (Å²) in [4.78, 5) is 28.8. The molecular formula is C23H28N2O3. The van der Waals surface area contributed by atoms with Crippen molar-refractivity contribution in [3.63, 3.8) is 0 Å². The summed E-state index contributed by atoms with van der Waals surface area (Å²) in [6.45, 7) is 6.52. The van der Waals surface area contributed by atoms with Crippen molar-refractivity contribution in [2.45, 2.75) is 26.7 Å². The molecule has 28 heavy (non-hydrogen) atoms. The molecule has 3 rings (SSSR count). The first-order chi connectivity index (χ1) is 13.5. The van der Waals surface area contributed by atoms with Crippen LogP contribution in [0.2, 0.25) is 0 Å². The molecule has 0 bridgehead atoms. The van der Waals surface area contributed by atoms with E-state index < -0.39 is 0 Å². The van der Waals surface area contributed by atoms with E-state index in [-0.39, 0.29) is 18.4 Å². The van der Waals surface area contributed by atoms with Crippen molar-refractivity contribution >= 4 is 11.8 Å². The van der Waals surface area contributed by atoms with Gasteiger partial charge in [0.1, 0.15) is 5.75 Å². The maximum absolute atomic E-state index is 12.6. The van der Waals surface area contributed by atoms with Gasteiger partial charge < -0.3 is 14.5 Å². The van der Waals surface area contributed by atoms with Gasteiger partial charge in [0.25, 0.3) is 5.91 Å². The normalized spacial score (nSPS) is 14.5. The molecule has 5 heteroatoms. The molecule has 1 aliphatic rings. The lowest BCUT2D eigenvalue weighted by Gasteiger charge is -2.22. The lowest BCUT2D eigenvalue weighted by Crippen LogP contribution is -2.39. The van der Waals surface area contributed by atoms with Crippen LogP contribution in [0, 0.1) is 13.8 Å². The van der Waals surface area contributed by atoms with Crippen LogP contribution in [0.4, 0.5) is 0 Å². The Labute approximate surface area is 166 Å². The van der Waals surface area contributed by atoms with Gasteiger partial charge in [-0.25, -0.2) is 0 Å². The van der Waals surface area contributed by atoms with Crippen LogP contribution in [0.1, 0.15) is 23.1 Å². The van der Waals surface area contributed by atoms with Gasteiger partial charge in [-0.05, 0) is 43.0 Å². The quantitative estimate of drug-likeness (QED) is 0.801. The predicted molar refractivity (Wildman–Crippen MR) is 109 cm³/mol. The Morgan fingerprint density at radius 1 is 0.857 bits per heavy atom. The van der Waals surface area contributed by atoms with Gasteiger partial charge in [0, 0.05) is 26.2 Å². The third-order valence-corrected chi connectivity index (χ3v) is 5.31. The standard InChI is InChI=1S/C23H28N2O3/c1-18-8-6-11-21(19(18)2)28-17-23(27)25-13-7-12-24(14-15-25)22(26)16-20-9-4-3-5-10-20/h3-6,8-11H,7,12-17H2,1-2H3. The highest BCUT2D eigenvalue weighted by Gasteiger charge is 2.22. The van der Waals surface area contributed by atoms with Crippen LogP contribution >= 0.6 is 0 Å². The molecule has 0 atom stereocenters. The molecule has 1 heterocycles. The lowest BCUT2D eigenvalue weighted by molar-refractivity contribution is -0.134. The van der Waals surface area contributed by atoms with Gasteiger partial charge in [-0.15, -0.1) is 0 Å². The zero-order valence-electron chi connectivity index (χ0n) is 16.7. The molecule has 1 aliphatic heterocycles. The van der Waals surface area contributed by atoms with Gasteiger partial charge in [-0.1, -0.05) is 42.5 Å². The number of aryl methyl sites for hydroxylation is 1. The van der Waals surface area contributed by atoms with Crippen LogP contribution in [0.25, 0.3) is 0 Å². The second kappa shape index (κ2) is 9.40. The molecule has 2 aromatic rings. The van der Waals surface area contributed by atoms with Crippen molar-refractivity contribution in [2.24, 2.45) is 0 Å². The summed E-state index contributed by atoms with van der Waals surface area (Å²) in [6.07, 6.45) is 1.19. The number of ether oxygens (including phenoxy) is 1. The molecule has 1 fully saturated rings. The SMILES string of the molecule is Cc1cccc(OCC(=O)N2CCCN(C(=O)Cc3ccccc3)CC2)c1C. The molecule has 2 aromatic carbocycles. The van der Waals surface area contributed by atoms with Crippen LogP contribution in [0.3, 0.4) is 0 Å². The zero-order chi connectivity index (χ0) is 19.9. The minimum atomic E-state index is -0.0294. The van der Waals surface area contributed by atoms with Crippen LogP contribution in [-0.4, -0.2) is 54.4 Å². The third kappa shape index (κ3) is 5.12. The molecule has 0 saturated carbocycles. The van der Waals surface area contributed by atoms with E-state index in [9.17, 15) is 9.59 Å². The average Bonchev–Trinajstić information content (AvgIpc) is 2.96. The molecule has 0 aliphatic carbocycles. The summed E-state index contributed by atoms with van der Waals surface area (Å²) in [7, 11) is 0. The number of amides is 2. The summed E-state index contributed by atoms with van der Waals surface area (Å²) in [5.74, 6) is 0.841. The molecule has 0 N–H and O–H groups in total. The van der Waals surface area contributed by atoms with Crippen molar-refractivity contribution < 1.29 is 14.3 Å². The Morgan fingerprint density at radius 2 is 1.54 bits per heavy atom. The Bertz CT molecular complexity index is 820. The Hall–Kier alpha value is -2.82. The second-order valence-electron chi connectivity index (χ2n) is 7.26. The van der Waals surface area contributed by atoms with Crippen LogP contribution in [-0.2, 0) is 16.0 Å². The largest absolute Gasteiger partial charge is 0.483 e. The Kier molecular flexibility index (Phi) is 6.69. The summed E-state index contributed by atoms with van der Waals surface area (Å²) < 4.78 is 5.75. The van der Waals surface area contributed by atoms with E-state index in [4.69, 9.17) is 4.74 Å². The first-order valence-electron chi connectivity index (χ1n) is 9.83. The zero-order valence-corrected chi connectivity index (χ0v) is 16.7. The number of nitrogens with zero attached hydrogens (tertiary/aromatic N) is 2. The van der Waals surface area contributed by atoms with Crippen LogP contribution in [0.5, 0.6) is 5.75 Å². The first-order valence-corrected chi connectivity index (χ1v) is 9.83. The van der Waals surface area contributed by atoms with Crippen molar-refractivity contribution in [2.75, 3.05) is 32.8 Å².